The van der Waals surface area contributed by atoms with Crippen LogP contribution in [0.4, 0.5) is 0 Å². The Balaban J connectivity index is 1.76. The lowest BCUT2D eigenvalue weighted by atomic mass is 9.84. The highest BCUT2D eigenvalue weighted by atomic mass is 16.5. The molecule has 2 aliphatic carbocycles. The van der Waals surface area contributed by atoms with Gasteiger partial charge in [0.1, 0.15) is 0 Å². The van der Waals surface area contributed by atoms with Gasteiger partial charge in [-0.05, 0) is 37.5 Å². The zero-order chi connectivity index (χ0) is 15.4. The number of fused-ring (bicyclic) bond motifs is 2. The number of likely N-dealkylation sites (N-methyl/N-ethyl adjacent to an activating group) is 1. The van der Waals surface area contributed by atoms with Crippen LogP contribution in [0, 0.1) is 17.8 Å². The molecule has 0 aromatic heterocycles. The summed E-state index contributed by atoms with van der Waals surface area (Å²) in [6.07, 6.45) is 4.11. The Hall–Kier alpha value is -1.14. The maximum Gasteiger partial charge on any atom is 0.239 e. The molecular weight excluding hydrogens is 270 g/mol. The summed E-state index contributed by atoms with van der Waals surface area (Å²) in [5, 5.41) is 2.79. The number of ether oxygens (including phenoxy) is 1. The van der Waals surface area contributed by atoms with Gasteiger partial charge in [-0.1, -0.05) is 0 Å². The van der Waals surface area contributed by atoms with Gasteiger partial charge in [-0.25, -0.2) is 0 Å². The summed E-state index contributed by atoms with van der Waals surface area (Å²) >= 11 is 0. The van der Waals surface area contributed by atoms with Gasteiger partial charge in [0.15, 0.2) is 0 Å². The topological polar surface area (TPSA) is 84.7 Å². The fraction of sp³-hybridized carbons (Fsp3) is 0.867. The molecule has 6 heteroatoms. The van der Waals surface area contributed by atoms with Gasteiger partial charge >= 0.3 is 0 Å². The van der Waals surface area contributed by atoms with Crippen LogP contribution in [0.5, 0.6) is 0 Å². The van der Waals surface area contributed by atoms with Crippen LogP contribution in [0.15, 0.2) is 0 Å². The molecule has 120 valence electrons. The number of hydrogen-bond acceptors (Lipinski definition) is 4. The minimum absolute atomic E-state index is 0.0246. The van der Waals surface area contributed by atoms with E-state index in [2.05, 4.69) is 5.32 Å². The predicted molar refractivity (Wildman–Crippen MR) is 79.4 cm³/mol. The average molecular weight is 297 g/mol. The largest absolute Gasteiger partial charge is 0.385 e. The number of carbonyl (C=O) groups is 2. The molecule has 6 nitrogen and oxygen atoms in total. The normalized spacial score (nSPS) is 30.4. The van der Waals surface area contributed by atoms with Crippen molar-refractivity contribution >= 4 is 11.8 Å². The summed E-state index contributed by atoms with van der Waals surface area (Å²) in [5.41, 5.74) is 6.19. The SMILES string of the molecule is COCCCNC(=O)CN(C)C(=O)C1C2CCC(C2)C1N. The number of hydrogen-bond donors (Lipinski definition) is 2. The van der Waals surface area contributed by atoms with Gasteiger partial charge in [0, 0.05) is 33.4 Å². The molecule has 2 rings (SSSR count). The number of nitrogens with one attached hydrogen (secondary N) is 1. The van der Waals surface area contributed by atoms with Crippen LogP contribution in [0.1, 0.15) is 25.7 Å². The lowest BCUT2D eigenvalue weighted by molar-refractivity contribution is -0.139. The van der Waals surface area contributed by atoms with Gasteiger partial charge in [-0.2, -0.15) is 0 Å². The van der Waals surface area contributed by atoms with Gasteiger partial charge in [0.2, 0.25) is 11.8 Å². The molecule has 0 aromatic rings. The zero-order valence-electron chi connectivity index (χ0n) is 13.0. The first kappa shape index (κ1) is 16.2. The molecule has 2 bridgehead atoms. The van der Waals surface area contributed by atoms with E-state index in [9.17, 15) is 9.59 Å². The molecule has 3 N–H and O–H groups in total. The Labute approximate surface area is 126 Å². The van der Waals surface area contributed by atoms with Gasteiger partial charge in [-0.3, -0.25) is 9.59 Å². The first-order valence-electron chi connectivity index (χ1n) is 7.80. The van der Waals surface area contributed by atoms with Crippen molar-refractivity contribution in [2.75, 3.05) is 33.9 Å². The first-order chi connectivity index (χ1) is 10.0. The molecule has 0 aromatic carbocycles. The minimum atomic E-state index is -0.126. The van der Waals surface area contributed by atoms with Crippen molar-refractivity contribution in [2.45, 2.75) is 31.7 Å². The van der Waals surface area contributed by atoms with Crippen molar-refractivity contribution in [1.29, 1.82) is 0 Å². The highest BCUT2D eigenvalue weighted by Crippen LogP contribution is 2.48. The second-order valence-corrected chi connectivity index (χ2v) is 6.33. The summed E-state index contributed by atoms with van der Waals surface area (Å²) in [4.78, 5) is 25.8. The Morgan fingerprint density at radius 1 is 1.33 bits per heavy atom. The fourth-order valence-corrected chi connectivity index (χ4v) is 3.75. The van der Waals surface area contributed by atoms with Crippen LogP contribution in [0.3, 0.4) is 0 Å². The molecule has 0 radical (unpaired) electrons. The smallest absolute Gasteiger partial charge is 0.239 e. The van der Waals surface area contributed by atoms with E-state index < -0.39 is 0 Å². The summed E-state index contributed by atoms with van der Waals surface area (Å²) in [6, 6.07) is -0.0246. The molecule has 2 amide bonds. The molecule has 0 heterocycles. The van der Waals surface area contributed by atoms with E-state index in [1.807, 2.05) is 0 Å². The summed E-state index contributed by atoms with van der Waals surface area (Å²) in [7, 11) is 3.32. The zero-order valence-corrected chi connectivity index (χ0v) is 13.0. The van der Waals surface area contributed by atoms with Crippen LogP contribution in [-0.2, 0) is 14.3 Å². The monoisotopic (exact) mass is 297 g/mol. The molecule has 21 heavy (non-hydrogen) atoms. The second kappa shape index (κ2) is 7.22. The predicted octanol–water partition coefficient (Wildman–Crippen LogP) is -0.0291. The highest BCUT2D eigenvalue weighted by molar-refractivity contribution is 5.86. The molecule has 2 fully saturated rings. The maximum atomic E-state index is 12.5. The third-order valence-electron chi connectivity index (χ3n) is 4.87. The van der Waals surface area contributed by atoms with E-state index in [1.54, 1.807) is 14.2 Å². The summed E-state index contributed by atoms with van der Waals surface area (Å²) < 4.78 is 4.92. The third kappa shape index (κ3) is 3.74. The van der Waals surface area contributed by atoms with Gasteiger partial charge in [0.05, 0.1) is 12.5 Å². The molecule has 2 saturated carbocycles. The van der Waals surface area contributed by atoms with Crippen molar-refractivity contribution in [1.82, 2.24) is 10.2 Å². The number of rotatable bonds is 7. The van der Waals surface area contributed by atoms with Crippen LogP contribution in [-0.4, -0.2) is 56.6 Å². The number of nitrogens with two attached hydrogens (primary N) is 1. The highest BCUT2D eigenvalue weighted by Gasteiger charge is 2.49. The lowest BCUT2D eigenvalue weighted by Crippen LogP contribution is -2.48. The quantitative estimate of drug-likeness (QED) is 0.646. The summed E-state index contributed by atoms with van der Waals surface area (Å²) in [6.45, 7) is 1.30. The molecule has 0 aliphatic heterocycles. The molecule has 4 unspecified atom stereocenters. The van der Waals surface area contributed by atoms with Gasteiger partial charge in [0.25, 0.3) is 0 Å². The number of carbonyl (C=O) groups excluding carboxylic acids is 2. The van der Waals surface area contributed by atoms with Gasteiger partial charge < -0.3 is 20.7 Å². The van der Waals surface area contributed by atoms with E-state index >= 15 is 0 Å². The first-order valence-corrected chi connectivity index (χ1v) is 7.80. The standard InChI is InChI=1S/C15H27N3O3/c1-18(9-12(19)17-6-3-7-21-2)15(20)13-10-4-5-11(8-10)14(13)16/h10-11,13-14H,3-9,16H2,1-2H3,(H,17,19). The summed E-state index contributed by atoms with van der Waals surface area (Å²) in [5.74, 6) is 0.736. The van der Waals surface area contributed by atoms with E-state index in [4.69, 9.17) is 10.5 Å². The van der Waals surface area contributed by atoms with Crippen LogP contribution in [0.25, 0.3) is 0 Å². The Bertz CT molecular complexity index is 386. The Morgan fingerprint density at radius 3 is 2.67 bits per heavy atom. The van der Waals surface area contributed by atoms with Gasteiger partial charge in [-0.15, -0.1) is 0 Å². The lowest BCUT2D eigenvalue weighted by Gasteiger charge is -2.30. The number of amides is 2. The number of nitrogens with zero attached hydrogens (tertiary/aromatic N) is 1. The Morgan fingerprint density at radius 2 is 2.05 bits per heavy atom. The van der Waals surface area contributed by atoms with Crippen LogP contribution < -0.4 is 11.1 Å². The average Bonchev–Trinajstić information content (AvgIpc) is 3.03. The van der Waals surface area contributed by atoms with Crippen molar-refractivity contribution in [2.24, 2.45) is 23.5 Å². The second-order valence-electron chi connectivity index (χ2n) is 6.33. The molecule has 4 atom stereocenters. The maximum absolute atomic E-state index is 12.5. The van der Waals surface area contributed by atoms with E-state index in [0.717, 1.165) is 25.7 Å². The molecular formula is C15H27N3O3. The minimum Gasteiger partial charge on any atom is -0.385 e. The van der Waals surface area contributed by atoms with Crippen LogP contribution in [0.2, 0.25) is 0 Å². The van der Waals surface area contributed by atoms with Crippen LogP contribution >= 0.6 is 0 Å². The third-order valence-corrected chi connectivity index (χ3v) is 4.87. The van der Waals surface area contributed by atoms with E-state index in [-0.39, 0.29) is 30.3 Å². The molecule has 0 spiro atoms. The molecule has 0 saturated heterocycles. The Kier molecular flexibility index (Phi) is 5.58. The molecule has 2 aliphatic rings. The number of methoxy groups -OCH3 is 1. The van der Waals surface area contributed by atoms with Crippen molar-refractivity contribution in [3.05, 3.63) is 0 Å². The van der Waals surface area contributed by atoms with E-state index in [1.165, 1.54) is 4.90 Å². The van der Waals surface area contributed by atoms with Crippen molar-refractivity contribution < 1.29 is 14.3 Å². The van der Waals surface area contributed by atoms with Crippen molar-refractivity contribution in [3.63, 3.8) is 0 Å². The van der Waals surface area contributed by atoms with E-state index in [0.29, 0.717) is 25.0 Å². The van der Waals surface area contributed by atoms with Crippen molar-refractivity contribution in [3.8, 4) is 0 Å². The fourth-order valence-electron chi connectivity index (χ4n) is 3.75.